The van der Waals surface area contributed by atoms with Crippen LogP contribution in [0.15, 0.2) is 12.2 Å². The fourth-order valence-corrected chi connectivity index (χ4v) is 4.83. The van der Waals surface area contributed by atoms with Gasteiger partial charge in [0.15, 0.2) is 0 Å². The molecule has 0 aromatic heterocycles. The molecule has 3 N–H and O–H groups in total. The zero-order valence-electron chi connectivity index (χ0n) is 12.7. The monoisotopic (exact) mass is 294 g/mol. The molecule has 4 saturated carbocycles. The highest BCUT2D eigenvalue weighted by atomic mass is 16.6. The predicted octanol–water partition coefficient (Wildman–Crippen LogP) is 1.82. The molecule has 4 bridgehead atoms. The van der Waals surface area contributed by atoms with Gasteiger partial charge in [-0.2, -0.15) is 0 Å². The third-order valence-corrected chi connectivity index (χ3v) is 5.47. The average molecular weight is 294 g/mol. The smallest absolute Gasteiger partial charge is 0.407 e. The first-order chi connectivity index (χ1) is 10.2. The van der Waals surface area contributed by atoms with Gasteiger partial charge in [-0.05, 0) is 49.9 Å². The highest BCUT2D eigenvalue weighted by Crippen LogP contribution is 2.57. The number of ether oxygens (including phenoxy) is 2. The minimum absolute atomic E-state index is 0.0662. The maximum atomic E-state index is 11.9. The van der Waals surface area contributed by atoms with Gasteiger partial charge in [0, 0.05) is 20.2 Å². The number of amides is 1. The van der Waals surface area contributed by atoms with Crippen molar-refractivity contribution < 1.29 is 14.3 Å². The molecule has 0 heterocycles. The van der Waals surface area contributed by atoms with Crippen molar-refractivity contribution in [2.75, 3.05) is 20.2 Å². The summed E-state index contributed by atoms with van der Waals surface area (Å²) in [6, 6.07) is 0. The number of alkyl carbamates (subject to hydrolysis) is 1. The first kappa shape index (κ1) is 14.9. The maximum Gasteiger partial charge on any atom is 0.407 e. The van der Waals surface area contributed by atoms with Crippen LogP contribution < -0.4 is 11.1 Å². The summed E-state index contributed by atoms with van der Waals surface area (Å²) in [6.07, 6.45) is 9.09. The van der Waals surface area contributed by atoms with Crippen LogP contribution in [0, 0.1) is 17.8 Å². The Balaban J connectivity index is 1.55. The van der Waals surface area contributed by atoms with Crippen molar-refractivity contribution in [1.29, 1.82) is 0 Å². The van der Waals surface area contributed by atoms with E-state index in [-0.39, 0.29) is 17.8 Å². The van der Waals surface area contributed by atoms with E-state index in [0.29, 0.717) is 24.9 Å². The summed E-state index contributed by atoms with van der Waals surface area (Å²) >= 11 is 0. The molecule has 21 heavy (non-hydrogen) atoms. The van der Waals surface area contributed by atoms with E-state index in [9.17, 15) is 4.79 Å². The van der Waals surface area contributed by atoms with E-state index in [1.807, 2.05) is 19.3 Å². The number of methoxy groups -OCH3 is 1. The summed E-state index contributed by atoms with van der Waals surface area (Å²) in [5.41, 5.74) is 5.42. The normalized spacial score (nSPS) is 40.7. The van der Waals surface area contributed by atoms with E-state index in [1.165, 1.54) is 19.3 Å². The summed E-state index contributed by atoms with van der Waals surface area (Å²) < 4.78 is 11.5. The topological polar surface area (TPSA) is 73.6 Å². The number of nitrogens with one attached hydrogen (secondary N) is 1. The lowest BCUT2D eigenvalue weighted by Crippen LogP contribution is -2.59. The molecule has 0 aromatic carbocycles. The van der Waals surface area contributed by atoms with Crippen LogP contribution in [0.4, 0.5) is 4.79 Å². The van der Waals surface area contributed by atoms with Crippen LogP contribution in [0.5, 0.6) is 0 Å². The van der Waals surface area contributed by atoms with Crippen molar-refractivity contribution in [3.05, 3.63) is 12.2 Å². The lowest BCUT2D eigenvalue weighted by atomic mass is 9.53. The third kappa shape index (κ3) is 2.94. The van der Waals surface area contributed by atoms with Crippen LogP contribution in [-0.4, -0.2) is 38.0 Å². The number of hydrogen-bond acceptors (Lipinski definition) is 4. The van der Waals surface area contributed by atoms with Crippen LogP contribution in [0.2, 0.25) is 0 Å². The molecule has 5 heteroatoms. The van der Waals surface area contributed by atoms with E-state index >= 15 is 0 Å². The van der Waals surface area contributed by atoms with Crippen molar-refractivity contribution in [2.45, 2.75) is 43.8 Å². The molecule has 2 unspecified atom stereocenters. The van der Waals surface area contributed by atoms with Gasteiger partial charge in [0.05, 0.1) is 5.60 Å². The van der Waals surface area contributed by atoms with E-state index in [2.05, 4.69) is 5.32 Å². The molecule has 1 amide bonds. The molecule has 0 saturated heterocycles. The van der Waals surface area contributed by atoms with Crippen LogP contribution in [0.3, 0.4) is 0 Å². The van der Waals surface area contributed by atoms with Gasteiger partial charge >= 0.3 is 6.09 Å². The summed E-state index contributed by atoms with van der Waals surface area (Å²) in [5.74, 6) is 1.71. The standard InChI is InChI=1S/C16H26N2O3/c1-20-16-8-11-6-12(9-16)14(13(7-11)10-16)21-15(19)18-5-3-2-4-17/h2-3,11-14H,4-10,17H2,1H3,(H,18,19)/b3-2+. The molecule has 5 nitrogen and oxygen atoms in total. The lowest BCUT2D eigenvalue weighted by Gasteiger charge is -2.58. The third-order valence-electron chi connectivity index (χ3n) is 5.47. The summed E-state index contributed by atoms with van der Waals surface area (Å²) in [7, 11) is 1.83. The van der Waals surface area contributed by atoms with E-state index < -0.39 is 0 Å². The fourth-order valence-electron chi connectivity index (χ4n) is 4.83. The molecule has 0 spiro atoms. The Morgan fingerprint density at radius 1 is 1.29 bits per heavy atom. The van der Waals surface area contributed by atoms with Gasteiger partial charge < -0.3 is 20.5 Å². The molecule has 0 aromatic rings. The summed E-state index contributed by atoms with van der Waals surface area (Å²) in [5, 5.41) is 2.77. The van der Waals surface area contributed by atoms with Crippen LogP contribution >= 0.6 is 0 Å². The van der Waals surface area contributed by atoms with E-state index in [4.69, 9.17) is 15.2 Å². The Bertz CT molecular complexity index is 408. The number of rotatable bonds is 5. The van der Waals surface area contributed by atoms with Crippen molar-refractivity contribution in [3.63, 3.8) is 0 Å². The Labute approximate surface area is 126 Å². The first-order valence-corrected chi connectivity index (χ1v) is 8.00. The van der Waals surface area contributed by atoms with Gasteiger partial charge in [-0.15, -0.1) is 0 Å². The second-order valence-corrected chi connectivity index (χ2v) is 6.82. The Hall–Kier alpha value is -1.07. The average Bonchev–Trinajstić information content (AvgIpc) is 2.47. The number of carbonyl (C=O) groups excluding carboxylic acids is 1. The summed E-state index contributed by atoms with van der Waals surface area (Å²) in [6.45, 7) is 0.965. The van der Waals surface area contributed by atoms with Gasteiger partial charge in [0.2, 0.25) is 0 Å². The molecule has 118 valence electrons. The zero-order valence-corrected chi connectivity index (χ0v) is 12.7. The lowest BCUT2D eigenvalue weighted by molar-refractivity contribution is -0.188. The SMILES string of the molecule is COC12CC3CC(C1)C(OC(=O)NC/C=C/CN)C(C3)C2. The number of hydrogen-bond donors (Lipinski definition) is 2. The first-order valence-electron chi connectivity index (χ1n) is 8.00. The highest BCUT2D eigenvalue weighted by Gasteiger charge is 2.57. The number of nitrogens with two attached hydrogens (primary N) is 1. The molecule has 4 aliphatic carbocycles. The molecule has 0 aliphatic heterocycles. The van der Waals surface area contributed by atoms with Crippen molar-refractivity contribution in [3.8, 4) is 0 Å². The van der Waals surface area contributed by atoms with Gasteiger partial charge in [0.25, 0.3) is 0 Å². The van der Waals surface area contributed by atoms with E-state index in [0.717, 1.165) is 18.8 Å². The van der Waals surface area contributed by atoms with Crippen LogP contribution in [0.1, 0.15) is 32.1 Å². The van der Waals surface area contributed by atoms with Crippen LogP contribution in [0.25, 0.3) is 0 Å². The highest BCUT2D eigenvalue weighted by molar-refractivity contribution is 5.67. The van der Waals surface area contributed by atoms with Crippen molar-refractivity contribution >= 4 is 6.09 Å². The van der Waals surface area contributed by atoms with E-state index in [1.54, 1.807) is 0 Å². The largest absolute Gasteiger partial charge is 0.446 e. The second-order valence-electron chi connectivity index (χ2n) is 6.82. The Morgan fingerprint density at radius 3 is 2.62 bits per heavy atom. The minimum atomic E-state index is -0.305. The van der Waals surface area contributed by atoms with Gasteiger partial charge in [-0.25, -0.2) is 4.79 Å². The molecular formula is C16H26N2O3. The van der Waals surface area contributed by atoms with Crippen molar-refractivity contribution in [2.24, 2.45) is 23.5 Å². The zero-order chi connectivity index (χ0) is 14.9. The molecule has 4 aliphatic rings. The van der Waals surface area contributed by atoms with Gasteiger partial charge in [0.1, 0.15) is 6.10 Å². The second kappa shape index (κ2) is 5.97. The molecule has 2 atom stereocenters. The van der Waals surface area contributed by atoms with Gasteiger partial charge in [-0.1, -0.05) is 12.2 Å². The molecule has 0 radical (unpaired) electrons. The van der Waals surface area contributed by atoms with Gasteiger partial charge in [-0.3, -0.25) is 0 Å². The number of carbonyl (C=O) groups is 1. The molecular weight excluding hydrogens is 268 g/mol. The predicted molar refractivity (Wildman–Crippen MR) is 79.8 cm³/mol. The van der Waals surface area contributed by atoms with Crippen molar-refractivity contribution in [1.82, 2.24) is 5.32 Å². The minimum Gasteiger partial charge on any atom is -0.446 e. The molecule has 4 fully saturated rings. The molecule has 4 rings (SSSR count). The summed E-state index contributed by atoms with van der Waals surface area (Å²) in [4.78, 5) is 11.9. The Kier molecular flexibility index (Phi) is 4.22. The fraction of sp³-hybridized carbons (Fsp3) is 0.812. The van der Waals surface area contributed by atoms with Crippen LogP contribution in [-0.2, 0) is 9.47 Å². The quantitative estimate of drug-likeness (QED) is 0.759. The Morgan fingerprint density at radius 2 is 2.00 bits per heavy atom. The maximum absolute atomic E-state index is 11.9.